The van der Waals surface area contributed by atoms with Crippen molar-refractivity contribution in [1.29, 1.82) is 0 Å². The van der Waals surface area contributed by atoms with Gasteiger partial charge in [0.15, 0.2) is 11.5 Å². The van der Waals surface area contributed by atoms with Gasteiger partial charge in [-0.1, -0.05) is 12.1 Å². The van der Waals surface area contributed by atoms with Gasteiger partial charge in [0.1, 0.15) is 6.17 Å². The number of ether oxygens (including phenoxy) is 1. The monoisotopic (exact) mass is 306 g/mol. The number of carbonyl (C=O) groups excluding carboxylic acids is 1. The maximum atomic E-state index is 10.7. The minimum atomic E-state index is -0.179. The van der Waals surface area contributed by atoms with Crippen LogP contribution in [0.15, 0.2) is 35.7 Å². The zero-order chi connectivity index (χ0) is 15.1. The van der Waals surface area contributed by atoms with E-state index in [2.05, 4.69) is 10.6 Å². The third-order valence-electron chi connectivity index (χ3n) is 3.07. The van der Waals surface area contributed by atoms with Crippen molar-refractivity contribution in [3.8, 4) is 11.5 Å². The number of phenolic OH excluding ortho intramolecular Hbond substituents is 1. The lowest BCUT2D eigenvalue weighted by atomic mass is 10.1. The molecule has 0 saturated carbocycles. The molecule has 6 heteroatoms. The first-order valence-corrected chi connectivity index (χ1v) is 7.45. The zero-order valence-electron chi connectivity index (χ0n) is 11.7. The Morgan fingerprint density at radius 3 is 2.95 bits per heavy atom. The molecule has 1 unspecified atom stereocenters. The predicted octanol–water partition coefficient (Wildman–Crippen LogP) is 2.04. The van der Waals surface area contributed by atoms with Gasteiger partial charge in [0.25, 0.3) is 0 Å². The van der Waals surface area contributed by atoms with Gasteiger partial charge >= 0.3 is 0 Å². The van der Waals surface area contributed by atoms with Crippen LogP contribution in [0.1, 0.15) is 16.6 Å². The maximum Gasteiger partial charge on any atom is 0.208 e. The molecule has 1 atom stereocenters. The molecule has 112 valence electrons. The Bertz CT molecular complexity index is 572. The fourth-order valence-corrected chi connectivity index (χ4v) is 2.76. The molecule has 0 fully saturated rings. The Labute approximate surface area is 127 Å². The number of nitrogens with one attached hydrogen (secondary N) is 2. The third kappa shape index (κ3) is 4.21. The molecule has 2 aromatic rings. The van der Waals surface area contributed by atoms with Crippen molar-refractivity contribution in [2.24, 2.45) is 0 Å². The number of hydrogen-bond acceptors (Lipinski definition) is 5. The summed E-state index contributed by atoms with van der Waals surface area (Å²) in [5.74, 6) is 0.599. The van der Waals surface area contributed by atoms with Crippen LogP contribution in [-0.4, -0.2) is 25.2 Å². The number of aromatic hydroxyl groups is 1. The van der Waals surface area contributed by atoms with Crippen LogP contribution in [0.2, 0.25) is 0 Å². The quantitative estimate of drug-likeness (QED) is 0.515. The summed E-state index contributed by atoms with van der Waals surface area (Å²) in [4.78, 5) is 11.7. The lowest BCUT2D eigenvalue weighted by Gasteiger charge is -2.16. The molecule has 3 N–H and O–H groups in total. The van der Waals surface area contributed by atoms with E-state index >= 15 is 0 Å². The van der Waals surface area contributed by atoms with Gasteiger partial charge in [-0.25, -0.2) is 0 Å². The molecular weight excluding hydrogens is 288 g/mol. The topological polar surface area (TPSA) is 70.6 Å². The largest absolute Gasteiger partial charge is 0.504 e. The van der Waals surface area contributed by atoms with Crippen molar-refractivity contribution in [3.05, 3.63) is 46.2 Å². The second-order valence-electron chi connectivity index (χ2n) is 4.44. The molecule has 0 spiro atoms. The molecule has 21 heavy (non-hydrogen) atoms. The van der Waals surface area contributed by atoms with E-state index in [1.165, 1.54) is 7.11 Å². The summed E-state index contributed by atoms with van der Waals surface area (Å²) in [6.07, 6.45) is 1.28. The van der Waals surface area contributed by atoms with Crippen molar-refractivity contribution in [2.45, 2.75) is 12.6 Å². The van der Waals surface area contributed by atoms with Crippen LogP contribution >= 0.6 is 11.3 Å². The highest BCUT2D eigenvalue weighted by Gasteiger charge is 2.10. The van der Waals surface area contributed by atoms with E-state index in [1.807, 2.05) is 29.6 Å². The molecular formula is C15H18N2O3S. The van der Waals surface area contributed by atoms with E-state index in [0.717, 1.165) is 16.9 Å². The Balaban J connectivity index is 1.91. The summed E-state index contributed by atoms with van der Waals surface area (Å²) < 4.78 is 5.08. The average Bonchev–Trinajstić information content (AvgIpc) is 3.02. The molecule has 0 saturated heterocycles. The predicted molar refractivity (Wildman–Crippen MR) is 82.6 cm³/mol. The zero-order valence-corrected chi connectivity index (χ0v) is 12.5. The first kappa shape index (κ1) is 15.3. The van der Waals surface area contributed by atoms with Crippen LogP contribution in [0.5, 0.6) is 11.5 Å². The SMILES string of the molecule is COc1cc(CCNC(NC=O)c2cccs2)ccc1O. The number of thiophene rings is 1. The Hall–Kier alpha value is -2.05. The standard InChI is InChI=1S/C15H18N2O3S/c1-20-13-9-11(4-5-12(13)19)6-7-16-15(17-10-18)14-3-2-8-21-14/h2-5,8-10,15-16,19H,6-7H2,1H3,(H,17,18). The summed E-state index contributed by atoms with van der Waals surface area (Å²) in [5, 5.41) is 17.6. The molecule has 1 aromatic heterocycles. The van der Waals surface area contributed by atoms with Crippen molar-refractivity contribution in [1.82, 2.24) is 10.6 Å². The van der Waals surface area contributed by atoms with Crippen LogP contribution in [0, 0.1) is 0 Å². The first-order chi connectivity index (χ1) is 10.2. The summed E-state index contributed by atoms with van der Waals surface area (Å²) in [7, 11) is 1.53. The molecule has 1 heterocycles. The van der Waals surface area contributed by atoms with Crippen LogP contribution in [0.3, 0.4) is 0 Å². The molecule has 0 aliphatic heterocycles. The van der Waals surface area contributed by atoms with Crippen LogP contribution in [0.25, 0.3) is 0 Å². The number of amides is 1. The minimum absolute atomic E-state index is 0.133. The number of benzene rings is 1. The van der Waals surface area contributed by atoms with Gasteiger partial charge in [-0.2, -0.15) is 0 Å². The number of hydrogen-bond donors (Lipinski definition) is 3. The number of rotatable bonds is 8. The van der Waals surface area contributed by atoms with Gasteiger partial charge in [-0.05, 0) is 35.6 Å². The molecule has 0 aliphatic carbocycles. The first-order valence-electron chi connectivity index (χ1n) is 6.57. The van der Waals surface area contributed by atoms with Crippen molar-refractivity contribution in [2.75, 3.05) is 13.7 Å². The molecule has 2 rings (SSSR count). The van der Waals surface area contributed by atoms with Crippen molar-refractivity contribution < 1.29 is 14.6 Å². The molecule has 0 radical (unpaired) electrons. The molecule has 5 nitrogen and oxygen atoms in total. The Morgan fingerprint density at radius 1 is 1.43 bits per heavy atom. The maximum absolute atomic E-state index is 10.7. The normalized spacial score (nSPS) is 11.9. The molecule has 1 aromatic carbocycles. The van der Waals surface area contributed by atoms with Gasteiger partial charge in [0, 0.05) is 11.4 Å². The fraction of sp³-hybridized carbons (Fsp3) is 0.267. The minimum Gasteiger partial charge on any atom is -0.504 e. The smallest absolute Gasteiger partial charge is 0.208 e. The Kier molecular flexibility index (Phi) is 5.59. The lowest BCUT2D eigenvalue weighted by molar-refractivity contribution is -0.110. The fourth-order valence-electron chi connectivity index (χ4n) is 2.00. The van der Waals surface area contributed by atoms with E-state index in [1.54, 1.807) is 17.4 Å². The highest BCUT2D eigenvalue weighted by Crippen LogP contribution is 2.26. The van der Waals surface area contributed by atoms with E-state index in [9.17, 15) is 9.90 Å². The van der Waals surface area contributed by atoms with E-state index in [-0.39, 0.29) is 11.9 Å². The Morgan fingerprint density at radius 2 is 2.29 bits per heavy atom. The van der Waals surface area contributed by atoms with Gasteiger partial charge in [-0.15, -0.1) is 11.3 Å². The molecule has 1 amide bonds. The van der Waals surface area contributed by atoms with Crippen LogP contribution in [0.4, 0.5) is 0 Å². The number of methoxy groups -OCH3 is 1. The summed E-state index contributed by atoms with van der Waals surface area (Å²) in [6.45, 7) is 0.692. The van der Waals surface area contributed by atoms with Gasteiger partial charge < -0.3 is 15.2 Å². The summed E-state index contributed by atoms with van der Waals surface area (Å²) in [6, 6.07) is 9.21. The van der Waals surface area contributed by atoms with Gasteiger partial charge in [-0.3, -0.25) is 10.1 Å². The summed E-state index contributed by atoms with van der Waals surface area (Å²) in [5.41, 5.74) is 1.05. The van der Waals surface area contributed by atoms with Crippen LogP contribution in [-0.2, 0) is 11.2 Å². The van der Waals surface area contributed by atoms with Crippen molar-refractivity contribution in [3.63, 3.8) is 0 Å². The number of carbonyl (C=O) groups is 1. The lowest BCUT2D eigenvalue weighted by Crippen LogP contribution is -2.34. The number of phenols is 1. The second-order valence-corrected chi connectivity index (χ2v) is 5.42. The van der Waals surface area contributed by atoms with E-state index in [4.69, 9.17) is 4.74 Å². The third-order valence-corrected chi connectivity index (χ3v) is 4.01. The summed E-state index contributed by atoms with van der Waals surface area (Å²) >= 11 is 1.59. The van der Waals surface area contributed by atoms with Crippen LogP contribution < -0.4 is 15.4 Å². The van der Waals surface area contributed by atoms with E-state index < -0.39 is 0 Å². The average molecular weight is 306 g/mol. The highest BCUT2D eigenvalue weighted by atomic mass is 32.1. The van der Waals surface area contributed by atoms with E-state index in [0.29, 0.717) is 18.7 Å². The van der Waals surface area contributed by atoms with Gasteiger partial charge in [0.05, 0.1) is 7.11 Å². The van der Waals surface area contributed by atoms with Crippen molar-refractivity contribution >= 4 is 17.7 Å². The molecule has 0 bridgehead atoms. The van der Waals surface area contributed by atoms with Gasteiger partial charge in [0.2, 0.25) is 6.41 Å². The highest BCUT2D eigenvalue weighted by molar-refractivity contribution is 7.10. The molecule has 0 aliphatic rings. The second kappa shape index (κ2) is 7.66.